The minimum absolute atomic E-state index is 0.121. The van der Waals surface area contributed by atoms with Crippen molar-refractivity contribution in [3.05, 3.63) is 40.9 Å². The number of benzene rings is 1. The van der Waals surface area contributed by atoms with Crippen LogP contribution in [0.1, 0.15) is 31.0 Å². The van der Waals surface area contributed by atoms with Gasteiger partial charge in [0.05, 0.1) is 12.1 Å². The van der Waals surface area contributed by atoms with Gasteiger partial charge in [0.2, 0.25) is 0 Å². The molecular formula is C15H18N2O2S. The van der Waals surface area contributed by atoms with E-state index >= 15 is 0 Å². The summed E-state index contributed by atoms with van der Waals surface area (Å²) in [7, 11) is 0. The van der Waals surface area contributed by atoms with Gasteiger partial charge in [0.15, 0.2) is 5.13 Å². The molecule has 1 aromatic carbocycles. The predicted molar refractivity (Wildman–Crippen MR) is 81.8 cm³/mol. The van der Waals surface area contributed by atoms with Gasteiger partial charge in [0.25, 0.3) is 0 Å². The van der Waals surface area contributed by atoms with Crippen molar-refractivity contribution in [2.45, 2.75) is 32.6 Å². The van der Waals surface area contributed by atoms with Crippen LogP contribution in [0.15, 0.2) is 29.6 Å². The van der Waals surface area contributed by atoms with Gasteiger partial charge in [-0.2, -0.15) is 0 Å². The van der Waals surface area contributed by atoms with Crippen molar-refractivity contribution in [2.75, 3.05) is 5.32 Å². The largest absolute Gasteiger partial charge is 0.481 e. The summed E-state index contributed by atoms with van der Waals surface area (Å²) in [5.41, 5.74) is 3.18. The van der Waals surface area contributed by atoms with Crippen LogP contribution in [-0.4, -0.2) is 16.1 Å². The van der Waals surface area contributed by atoms with Crippen LogP contribution >= 0.6 is 11.3 Å². The third-order valence-electron chi connectivity index (χ3n) is 2.93. The predicted octanol–water partition coefficient (Wildman–Crippen LogP) is 3.86. The smallest absolute Gasteiger partial charge is 0.303 e. The molecule has 5 heteroatoms. The molecule has 2 N–H and O–H groups in total. The molecule has 1 aromatic heterocycles. The molecule has 0 amide bonds. The Morgan fingerprint density at radius 2 is 2.15 bits per heavy atom. The van der Waals surface area contributed by atoms with E-state index in [-0.39, 0.29) is 6.42 Å². The number of nitrogens with one attached hydrogen (secondary N) is 1. The van der Waals surface area contributed by atoms with E-state index in [2.05, 4.69) is 23.3 Å². The maximum atomic E-state index is 10.5. The SMILES string of the molecule is CCCc1ccccc1Nc1nc(CCC(=O)O)cs1. The quantitative estimate of drug-likeness (QED) is 0.813. The number of aliphatic carboxylic acids is 1. The van der Waals surface area contributed by atoms with Crippen molar-refractivity contribution in [2.24, 2.45) is 0 Å². The maximum absolute atomic E-state index is 10.5. The zero-order valence-corrected chi connectivity index (χ0v) is 12.2. The van der Waals surface area contributed by atoms with Crippen LogP contribution in [0.25, 0.3) is 0 Å². The lowest BCUT2D eigenvalue weighted by molar-refractivity contribution is -0.136. The van der Waals surface area contributed by atoms with Gasteiger partial charge in [0, 0.05) is 17.5 Å². The number of hydrogen-bond acceptors (Lipinski definition) is 4. The highest BCUT2D eigenvalue weighted by atomic mass is 32.1. The summed E-state index contributed by atoms with van der Waals surface area (Å²) in [4.78, 5) is 15.0. The summed E-state index contributed by atoms with van der Waals surface area (Å²) in [5.74, 6) is -0.791. The van der Waals surface area contributed by atoms with Gasteiger partial charge in [0.1, 0.15) is 0 Å². The summed E-state index contributed by atoms with van der Waals surface area (Å²) >= 11 is 1.51. The summed E-state index contributed by atoms with van der Waals surface area (Å²) < 4.78 is 0. The van der Waals surface area contributed by atoms with Gasteiger partial charge in [-0.1, -0.05) is 31.5 Å². The van der Waals surface area contributed by atoms with Crippen molar-refractivity contribution in [1.82, 2.24) is 4.98 Å². The van der Waals surface area contributed by atoms with Crippen LogP contribution in [0.5, 0.6) is 0 Å². The lowest BCUT2D eigenvalue weighted by Gasteiger charge is -2.08. The Kier molecular flexibility index (Phi) is 5.12. The molecule has 0 radical (unpaired) electrons. The Hall–Kier alpha value is -1.88. The number of anilines is 2. The minimum Gasteiger partial charge on any atom is -0.481 e. The molecule has 2 rings (SSSR count). The molecule has 0 saturated carbocycles. The average molecular weight is 290 g/mol. The summed E-state index contributed by atoms with van der Waals surface area (Å²) in [6, 6.07) is 8.20. The third kappa shape index (κ3) is 4.06. The maximum Gasteiger partial charge on any atom is 0.303 e. The fraction of sp³-hybridized carbons (Fsp3) is 0.333. The number of nitrogens with zero attached hydrogens (tertiary/aromatic N) is 1. The fourth-order valence-electron chi connectivity index (χ4n) is 1.96. The molecular weight excluding hydrogens is 272 g/mol. The van der Waals surface area contributed by atoms with Gasteiger partial charge < -0.3 is 10.4 Å². The van der Waals surface area contributed by atoms with Crippen LogP contribution in [0.2, 0.25) is 0 Å². The van der Waals surface area contributed by atoms with Gasteiger partial charge in [-0.05, 0) is 18.1 Å². The molecule has 20 heavy (non-hydrogen) atoms. The zero-order chi connectivity index (χ0) is 14.4. The molecule has 0 unspecified atom stereocenters. The number of thiazole rings is 1. The molecule has 0 atom stereocenters. The first-order valence-electron chi connectivity index (χ1n) is 6.70. The Morgan fingerprint density at radius 3 is 2.90 bits per heavy atom. The first-order chi connectivity index (χ1) is 9.69. The van der Waals surface area contributed by atoms with Gasteiger partial charge in [-0.25, -0.2) is 4.98 Å². The monoisotopic (exact) mass is 290 g/mol. The second-order valence-electron chi connectivity index (χ2n) is 4.57. The van der Waals surface area contributed by atoms with E-state index in [1.807, 2.05) is 23.6 Å². The van der Waals surface area contributed by atoms with E-state index in [0.29, 0.717) is 6.42 Å². The number of carboxylic acid groups (broad SMARTS) is 1. The average Bonchev–Trinajstić information content (AvgIpc) is 2.87. The number of rotatable bonds is 7. The van der Waals surface area contributed by atoms with Gasteiger partial charge >= 0.3 is 5.97 Å². The number of carbonyl (C=O) groups is 1. The van der Waals surface area contributed by atoms with Crippen LogP contribution in [-0.2, 0) is 17.6 Å². The van der Waals surface area contributed by atoms with E-state index < -0.39 is 5.97 Å². The Bertz CT molecular complexity index is 581. The molecule has 0 fully saturated rings. The molecule has 0 saturated heterocycles. The molecule has 0 spiro atoms. The van der Waals surface area contributed by atoms with Crippen LogP contribution in [0.3, 0.4) is 0 Å². The summed E-state index contributed by atoms with van der Waals surface area (Å²) in [5, 5.41) is 14.7. The number of aromatic nitrogens is 1. The molecule has 4 nitrogen and oxygen atoms in total. The lowest BCUT2D eigenvalue weighted by Crippen LogP contribution is -1.98. The Labute approximate surface area is 122 Å². The standard InChI is InChI=1S/C15H18N2O2S/c1-2-5-11-6-3-4-7-13(11)17-15-16-12(10-20-15)8-9-14(18)19/h3-4,6-7,10H,2,5,8-9H2,1H3,(H,16,17)(H,18,19). The van der Waals surface area contributed by atoms with Gasteiger partial charge in [-0.3, -0.25) is 4.79 Å². The van der Waals surface area contributed by atoms with Crippen molar-refractivity contribution in [3.8, 4) is 0 Å². The third-order valence-corrected chi connectivity index (χ3v) is 3.73. The highest BCUT2D eigenvalue weighted by molar-refractivity contribution is 7.13. The van der Waals surface area contributed by atoms with Gasteiger partial charge in [-0.15, -0.1) is 11.3 Å². The number of aryl methyl sites for hydroxylation is 2. The molecule has 1 heterocycles. The first-order valence-corrected chi connectivity index (χ1v) is 7.58. The second-order valence-corrected chi connectivity index (χ2v) is 5.43. The normalized spacial score (nSPS) is 10.4. The molecule has 2 aromatic rings. The van der Waals surface area contributed by atoms with Crippen molar-refractivity contribution >= 4 is 28.1 Å². The molecule has 0 aliphatic carbocycles. The number of para-hydroxylation sites is 1. The van der Waals surface area contributed by atoms with E-state index in [1.54, 1.807) is 0 Å². The highest BCUT2D eigenvalue weighted by Crippen LogP contribution is 2.25. The van der Waals surface area contributed by atoms with E-state index in [4.69, 9.17) is 5.11 Å². The van der Waals surface area contributed by atoms with Crippen molar-refractivity contribution in [1.29, 1.82) is 0 Å². The Balaban J connectivity index is 2.05. The van der Waals surface area contributed by atoms with E-state index in [1.165, 1.54) is 16.9 Å². The molecule has 0 aliphatic rings. The summed E-state index contributed by atoms with van der Waals surface area (Å²) in [6.07, 6.45) is 2.72. The topological polar surface area (TPSA) is 62.2 Å². The lowest BCUT2D eigenvalue weighted by atomic mass is 10.1. The second kappa shape index (κ2) is 7.05. The van der Waals surface area contributed by atoms with Crippen molar-refractivity contribution in [3.63, 3.8) is 0 Å². The van der Waals surface area contributed by atoms with E-state index in [9.17, 15) is 4.79 Å². The highest BCUT2D eigenvalue weighted by Gasteiger charge is 2.06. The molecule has 0 aliphatic heterocycles. The van der Waals surface area contributed by atoms with E-state index in [0.717, 1.165) is 29.4 Å². The first kappa shape index (κ1) is 14.5. The van der Waals surface area contributed by atoms with Crippen LogP contribution in [0.4, 0.5) is 10.8 Å². The fourth-order valence-corrected chi connectivity index (χ4v) is 2.72. The van der Waals surface area contributed by atoms with Crippen LogP contribution in [0, 0.1) is 0 Å². The van der Waals surface area contributed by atoms with Crippen molar-refractivity contribution < 1.29 is 9.90 Å². The molecule has 0 bridgehead atoms. The Morgan fingerprint density at radius 1 is 1.35 bits per heavy atom. The summed E-state index contributed by atoms with van der Waals surface area (Å²) in [6.45, 7) is 2.16. The number of carboxylic acids is 1. The van der Waals surface area contributed by atoms with Crippen LogP contribution < -0.4 is 5.32 Å². The number of hydrogen-bond donors (Lipinski definition) is 2. The molecule has 106 valence electrons. The minimum atomic E-state index is -0.791. The zero-order valence-electron chi connectivity index (χ0n) is 11.4.